The summed E-state index contributed by atoms with van der Waals surface area (Å²) < 4.78 is 0. The van der Waals surface area contributed by atoms with E-state index in [0.717, 1.165) is 12.3 Å². The minimum absolute atomic E-state index is 0.448. The van der Waals surface area contributed by atoms with Crippen LogP contribution in [0, 0.1) is 17.8 Å². The quantitative estimate of drug-likeness (QED) is 0.593. The normalized spacial score (nSPS) is 41.9. The molecule has 0 unspecified atom stereocenters. The molecule has 1 heteroatoms. The predicted octanol–water partition coefficient (Wildman–Crippen LogP) is 2.40. The number of hydrogen-bond donors (Lipinski definition) is 0. The molecule has 0 aromatic heterocycles. The third kappa shape index (κ3) is 1.21. The Kier molecular flexibility index (Phi) is 1.74. The maximum atomic E-state index is 11.6. The van der Waals surface area contributed by atoms with Gasteiger partial charge < -0.3 is 0 Å². The molecule has 11 heavy (non-hydrogen) atoms. The Labute approximate surface area is 68.2 Å². The van der Waals surface area contributed by atoms with Crippen LogP contribution in [-0.2, 0) is 4.79 Å². The lowest BCUT2D eigenvalue weighted by molar-refractivity contribution is -0.126. The first-order chi connectivity index (χ1) is 5.33. The third-order valence-electron chi connectivity index (χ3n) is 3.21. The van der Waals surface area contributed by atoms with E-state index in [4.69, 9.17) is 0 Å². The lowest BCUT2D eigenvalue weighted by atomic mass is 9.85. The van der Waals surface area contributed by atoms with Gasteiger partial charge in [-0.3, -0.25) is 4.79 Å². The molecule has 2 fully saturated rings. The highest BCUT2D eigenvalue weighted by molar-refractivity contribution is 5.86. The number of rotatable bonds is 2. The van der Waals surface area contributed by atoms with E-state index in [1.165, 1.54) is 25.7 Å². The molecule has 0 aromatic rings. The molecule has 2 aliphatic carbocycles. The second kappa shape index (κ2) is 2.62. The van der Waals surface area contributed by atoms with Gasteiger partial charge in [-0.05, 0) is 31.6 Å². The number of fused-ring (bicyclic) bond motifs is 1. The third-order valence-corrected chi connectivity index (χ3v) is 3.21. The highest BCUT2D eigenvalue weighted by atomic mass is 16.1. The van der Waals surface area contributed by atoms with Crippen LogP contribution < -0.4 is 0 Å². The Hall–Kier alpha value is -0.330. The fourth-order valence-corrected chi connectivity index (χ4v) is 2.41. The van der Waals surface area contributed by atoms with Crippen LogP contribution >= 0.6 is 0 Å². The number of carbonyl (C=O) groups excluding carboxylic acids is 1. The molecule has 1 nitrogen and oxygen atoms in total. The first-order valence-electron chi connectivity index (χ1n) is 4.86. The summed E-state index contributed by atoms with van der Waals surface area (Å²) in [5.41, 5.74) is 0. The molecule has 0 amide bonds. The van der Waals surface area contributed by atoms with Gasteiger partial charge in [-0.2, -0.15) is 0 Å². The predicted molar refractivity (Wildman–Crippen MR) is 44.2 cm³/mol. The summed E-state index contributed by atoms with van der Waals surface area (Å²) >= 11 is 0. The van der Waals surface area contributed by atoms with E-state index in [-0.39, 0.29) is 0 Å². The van der Waals surface area contributed by atoms with E-state index in [9.17, 15) is 4.79 Å². The zero-order valence-electron chi connectivity index (χ0n) is 7.18. The molecule has 0 heterocycles. The van der Waals surface area contributed by atoms with Crippen LogP contribution in [-0.4, -0.2) is 5.78 Å². The molecule has 0 bridgehead atoms. The Morgan fingerprint density at radius 2 is 2.27 bits per heavy atom. The van der Waals surface area contributed by atoms with Crippen molar-refractivity contribution in [1.29, 1.82) is 0 Å². The van der Waals surface area contributed by atoms with Crippen molar-refractivity contribution >= 4 is 5.78 Å². The van der Waals surface area contributed by atoms with Gasteiger partial charge in [-0.25, -0.2) is 0 Å². The molecule has 0 aliphatic heterocycles. The van der Waals surface area contributed by atoms with E-state index in [1.807, 2.05) is 0 Å². The largest absolute Gasteiger partial charge is 0.299 e. The smallest absolute Gasteiger partial charge is 0.139 e. The molecule has 0 spiro atoms. The number of Topliss-reactive ketones (excluding diaryl/α,β-unsaturated/α-hetero) is 1. The van der Waals surface area contributed by atoms with Crippen molar-refractivity contribution in [3.05, 3.63) is 0 Å². The Morgan fingerprint density at radius 1 is 1.45 bits per heavy atom. The summed E-state index contributed by atoms with van der Waals surface area (Å²) in [6, 6.07) is 0. The van der Waals surface area contributed by atoms with Crippen LogP contribution in [0.1, 0.15) is 39.0 Å². The molecule has 3 atom stereocenters. The number of carbonyl (C=O) groups is 1. The standard InChI is InChI=1S/C10H16O/c1-2-3-7-4-5-8-6-9(8)10(7)11/h7-9H,2-6H2,1H3/t7-,8-,9-/m1/s1. The molecule has 2 saturated carbocycles. The molecule has 0 saturated heterocycles. The van der Waals surface area contributed by atoms with Crippen molar-refractivity contribution in [2.24, 2.45) is 17.8 Å². The number of ketones is 1. The van der Waals surface area contributed by atoms with Gasteiger partial charge in [0.1, 0.15) is 5.78 Å². The number of hydrogen-bond acceptors (Lipinski definition) is 1. The van der Waals surface area contributed by atoms with Gasteiger partial charge in [-0.15, -0.1) is 0 Å². The highest BCUT2D eigenvalue weighted by Gasteiger charge is 2.48. The van der Waals surface area contributed by atoms with Gasteiger partial charge in [-0.1, -0.05) is 13.3 Å². The van der Waals surface area contributed by atoms with E-state index in [2.05, 4.69) is 6.92 Å². The molecule has 62 valence electrons. The van der Waals surface area contributed by atoms with Gasteiger partial charge in [0.05, 0.1) is 0 Å². The average Bonchev–Trinajstić information content (AvgIpc) is 2.75. The van der Waals surface area contributed by atoms with Gasteiger partial charge >= 0.3 is 0 Å². The van der Waals surface area contributed by atoms with Gasteiger partial charge in [0, 0.05) is 11.8 Å². The van der Waals surface area contributed by atoms with Crippen LogP contribution in [0.25, 0.3) is 0 Å². The van der Waals surface area contributed by atoms with Crippen molar-refractivity contribution in [1.82, 2.24) is 0 Å². The van der Waals surface area contributed by atoms with E-state index in [1.54, 1.807) is 0 Å². The molecular formula is C10H16O. The molecule has 2 rings (SSSR count). The van der Waals surface area contributed by atoms with Crippen LogP contribution in [0.15, 0.2) is 0 Å². The molecule has 0 radical (unpaired) electrons. The van der Waals surface area contributed by atoms with Gasteiger partial charge in [0.15, 0.2) is 0 Å². The maximum absolute atomic E-state index is 11.6. The minimum Gasteiger partial charge on any atom is -0.299 e. The SMILES string of the molecule is CCC[C@@H]1CC[C@@H]2C[C@H]2C1=O. The van der Waals surface area contributed by atoms with Gasteiger partial charge in [0.25, 0.3) is 0 Å². The van der Waals surface area contributed by atoms with Gasteiger partial charge in [0.2, 0.25) is 0 Å². The Bertz CT molecular complexity index is 174. The van der Waals surface area contributed by atoms with Crippen molar-refractivity contribution in [3.63, 3.8) is 0 Å². The minimum atomic E-state index is 0.448. The summed E-state index contributed by atoms with van der Waals surface area (Å²) in [6.45, 7) is 2.17. The fourth-order valence-electron chi connectivity index (χ4n) is 2.41. The summed E-state index contributed by atoms with van der Waals surface area (Å²) in [7, 11) is 0. The summed E-state index contributed by atoms with van der Waals surface area (Å²) in [5.74, 6) is 2.38. The van der Waals surface area contributed by atoms with E-state index >= 15 is 0 Å². The monoisotopic (exact) mass is 152 g/mol. The average molecular weight is 152 g/mol. The van der Waals surface area contributed by atoms with Crippen LogP contribution in [0.3, 0.4) is 0 Å². The lowest BCUT2D eigenvalue weighted by Gasteiger charge is -2.18. The van der Waals surface area contributed by atoms with E-state index < -0.39 is 0 Å². The maximum Gasteiger partial charge on any atom is 0.139 e. The first kappa shape index (κ1) is 7.33. The topological polar surface area (TPSA) is 17.1 Å². The fraction of sp³-hybridized carbons (Fsp3) is 0.900. The summed E-state index contributed by atoms with van der Waals surface area (Å²) in [6.07, 6.45) is 6.06. The molecule has 2 aliphatic rings. The molecular weight excluding hydrogens is 136 g/mol. The van der Waals surface area contributed by atoms with Crippen LogP contribution in [0.5, 0.6) is 0 Å². The summed E-state index contributed by atoms with van der Waals surface area (Å²) in [5, 5.41) is 0. The van der Waals surface area contributed by atoms with Crippen molar-refractivity contribution in [2.75, 3.05) is 0 Å². The Morgan fingerprint density at radius 3 is 3.00 bits per heavy atom. The van der Waals surface area contributed by atoms with Crippen LogP contribution in [0.4, 0.5) is 0 Å². The zero-order chi connectivity index (χ0) is 7.84. The highest BCUT2D eigenvalue weighted by Crippen LogP contribution is 2.49. The van der Waals surface area contributed by atoms with Crippen molar-refractivity contribution in [2.45, 2.75) is 39.0 Å². The zero-order valence-corrected chi connectivity index (χ0v) is 7.18. The Balaban J connectivity index is 1.94. The van der Waals surface area contributed by atoms with Crippen molar-refractivity contribution < 1.29 is 4.79 Å². The van der Waals surface area contributed by atoms with E-state index in [0.29, 0.717) is 17.6 Å². The lowest BCUT2D eigenvalue weighted by Crippen LogP contribution is -2.21. The van der Waals surface area contributed by atoms with Crippen molar-refractivity contribution in [3.8, 4) is 0 Å². The molecule has 0 N–H and O–H groups in total. The summed E-state index contributed by atoms with van der Waals surface area (Å²) in [4.78, 5) is 11.6. The van der Waals surface area contributed by atoms with Crippen LogP contribution in [0.2, 0.25) is 0 Å². The first-order valence-corrected chi connectivity index (χ1v) is 4.86. The second-order valence-corrected chi connectivity index (χ2v) is 4.07. The second-order valence-electron chi connectivity index (χ2n) is 4.07. The molecule has 0 aromatic carbocycles.